The Hall–Kier alpha value is -4.89. The first kappa shape index (κ1) is 86.1. The average Bonchev–Trinajstić information content (AvgIpc) is 2.47. The van der Waals surface area contributed by atoms with Crippen LogP contribution in [0.15, 0.2) is 0 Å². The summed E-state index contributed by atoms with van der Waals surface area (Å²) in [5.74, 6) is -3.56. The predicted molar refractivity (Wildman–Crippen MR) is 344 cm³/mol. The fourth-order valence-electron chi connectivity index (χ4n) is 8.57. The molecular weight excluding hydrogens is 1180 g/mol. The first-order chi connectivity index (χ1) is 43.0. The van der Waals surface area contributed by atoms with E-state index >= 15 is 0 Å². The molecule has 0 saturated heterocycles. The number of ketones is 1. The second-order valence-corrected chi connectivity index (χ2v) is 26.3. The Bertz CT molecular complexity index is 2010. The van der Waals surface area contributed by atoms with Crippen molar-refractivity contribution in [3.63, 3.8) is 0 Å². The largest absolute Gasteiger partial charge is 0.467 e. The summed E-state index contributed by atoms with van der Waals surface area (Å²) >= 11 is 0. The van der Waals surface area contributed by atoms with Crippen molar-refractivity contribution in [2.45, 2.75) is 232 Å². The number of quaternary nitrogens is 1. The van der Waals surface area contributed by atoms with E-state index in [0.717, 1.165) is 58.0 Å². The van der Waals surface area contributed by atoms with Crippen LogP contribution < -0.4 is 21.3 Å². The zero-order valence-corrected chi connectivity index (χ0v) is 58.1. The first-order valence-electron chi connectivity index (χ1n) is 33.2. The van der Waals surface area contributed by atoms with Crippen LogP contribution in [0, 0.1) is 0 Å². The Labute approximate surface area is 544 Å². The van der Waals surface area contributed by atoms with Crippen molar-refractivity contribution in [3.8, 4) is 0 Å². The van der Waals surface area contributed by atoms with E-state index in [4.69, 9.17) is 47.4 Å². The van der Waals surface area contributed by atoms with Crippen LogP contribution >= 0.6 is 0 Å². The van der Waals surface area contributed by atoms with E-state index in [1.807, 2.05) is 20.8 Å². The minimum atomic E-state index is -1.17. The molecule has 0 fully saturated rings. The highest BCUT2D eigenvalue weighted by atomic mass is 16.6. The molecular formula is C66H122N5O20+. The second-order valence-electron chi connectivity index (χ2n) is 26.3. The molecule has 0 aromatic rings. The fraction of sp³-hybridized carbons (Fsp3) is 0.864. The van der Waals surface area contributed by atoms with Crippen LogP contribution in [-0.4, -0.2) is 227 Å². The number of Topliss-reactive ketones (excluding diaryl/α,β-unsaturated/α-hetero) is 1. The number of nitrogens with zero attached hydrogens (tertiary/aromatic N) is 1. The highest BCUT2D eigenvalue weighted by Crippen LogP contribution is 2.17. The number of likely N-dealkylation sites (N-methyl/N-ethyl adjacent to an activating group) is 1. The number of esters is 4. The molecule has 0 bridgehead atoms. The highest BCUT2D eigenvalue weighted by Gasteiger charge is 2.30. The molecule has 0 unspecified atom stereocenters. The maximum Gasteiger partial charge on any atom is 0.331 e. The number of hydrogen-bond acceptors (Lipinski definition) is 20. The molecule has 530 valence electrons. The number of amides is 4. The second kappa shape index (κ2) is 52.5. The molecule has 4 amide bonds. The molecule has 4 N–H and O–H groups in total. The summed E-state index contributed by atoms with van der Waals surface area (Å²) in [6, 6.07) is -2.26. The summed E-state index contributed by atoms with van der Waals surface area (Å²) in [6.07, 6.45) is 16.1. The molecule has 25 heteroatoms. The van der Waals surface area contributed by atoms with Crippen molar-refractivity contribution in [3.05, 3.63) is 0 Å². The molecule has 0 rings (SSSR count). The maximum atomic E-state index is 13.3. The first-order valence-corrected chi connectivity index (χ1v) is 33.2. The van der Waals surface area contributed by atoms with Gasteiger partial charge in [0.15, 0.2) is 5.78 Å². The molecule has 0 heterocycles. The minimum Gasteiger partial charge on any atom is -0.467 e. The van der Waals surface area contributed by atoms with E-state index in [1.54, 1.807) is 41.5 Å². The number of hydrogen-bond donors (Lipinski definition) is 4. The van der Waals surface area contributed by atoms with Gasteiger partial charge < -0.3 is 77.9 Å². The molecule has 2 atom stereocenters. The smallest absolute Gasteiger partial charge is 0.331 e. The lowest BCUT2D eigenvalue weighted by atomic mass is 10.0. The topological polar surface area (TPSA) is 303 Å². The normalized spacial score (nSPS) is 12.6. The Morgan fingerprint density at radius 1 is 0.352 bits per heavy atom. The van der Waals surface area contributed by atoms with Gasteiger partial charge in [0.2, 0.25) is 23.6 Å². The van der Waals surface area contributed by atoms with Gasteiger partial charge in [-0.3, -0.25) is 28.8 Å². The summed E-state index contributed by atoms with van der Waals surface area (Å²) in [4.78, 5) is 113. The van der Waals surface area contributed by atoms with E-state index in [2.05, 4.69) is 40.1 Å². The monoisotopic (exact) mass is 1300 g/mol. The van der Waals surface area contributed by atoms with Crippen LogP contribution in [0.4, 0.5) is 0 Å². The van der Waals surface area contributed by atoms with Gasteiger partial charge in [-0.15, -0.1) is 0 Å². The quantitative estimate of drug-likeness (QED) is 0.0212. The molecule has 0 saturated carbocycles. The predicted octanol–water partition coefficient (Wildman–Crippen LogP) is 6.73. The van der Waals surface area contributed by atoms with E-state index in [-0.39, 0.29) is 127 Å². The number of nitrogens with one attached hydrogen (secondary N) is 4. The molecule has 91 heavy (non-hydrogen) atoms. The van der Waals surface area contributed by atoms with Gasteiger partial charge in [0.1, 0.15) is 61.8 Å². The van der Waals surface area contributed by atoms with Crippen molar-refractivity contribution < 1.29 is 99.7 Å². The zero-order chi connectivity index (χ0) is 68.2. The number of rotatable bonds is 58. The Morgan fingerprint density at radius 2 is 0.725 bits per heavy atom. The summed E-state index contributed by atoms with van der Waals surface area (Å²) in [5.41, 5.74) is -2.14. The van der Waals surface area contributed by atoms with Gasteiger partial charge in [0, 0.05) is 51.8 Å². The Kier molecular flexibility index (Phi) is 49.7. The lowest BCUT2D eigenvalue weighted by molar-refractivity contribution is -0.891. The maximum absolute atomic E-state index is 13.3. The van der Waals surface area contributed by atoms with Gasteiger partial charge in [0.05, 0.1) is 87.3 Å². The standard InChI is InChI=1S/C66H121N5O20/c1-64(2,3)89-60(77)30-26-24-22-20-18-16-14-13-15-17-19-21-23-25-29-57(74)69-55(63(80)91-66(7,8)9)32-34-58(75)70-54(62(79)90-65(4,5)6)31-33-56(73)67-35-41-84-45-47-86-50-53(72)28-27-39-82-44-48-87-51-59(76)68-36-40-83-42-37-71(10,11)38-43-85-46-49-88-52-61(78)81-12/h54-55H,13-52H2,1-12H3,(H3-,67,68,69,70,73,74,75,76)/p+1/t54-,55-/m0/s1. The number of carbonyl (C=O) groups is 9. The van der Waals surface area contributed by atoms with Crippen molar-refractivity contribution in [2.75, 3.05) is 140 Å². The lowest BCUT2D eigenvalue weighted by Gasteiger charge is -2.29. The average molecular weight is 1310 g/mol. The molecule has 0 aliphatic rings. The highest BCUT2D eigenvalue weighted by molar-refractivity contribution is 5.87. The van der Waals surface area contributed by atoms with E-state index in [0.29, 0.717) is 69.9 Å². The van der Waals surface area contributed by atoms with Crippen LogP contribution in [0.1, 0.15) is 204 Å². The van der Waals surface area contributed by atoms with Gasteiger partial charge >= 0.3 is 23.9 Å². The summed E-state index contributed by atoms with van der Waals surface area (Å²) in [5, 5.41) is 10.9. The van der Waals surface area contributed by atoms with Crippen LogP contribution in [0.25, 0.3) is 0 Å². The summed E-state index contributed by atoms with van der Waals surface area (Å²) < 4.78 is 59.9. The van der Waals surface area contributed by atoms with Gasteiger partial charge in [-0.05, 0) is 94.4 Å². The van der Waals surface area contributed by atoms with Crippen molar-refractivity contribution in [1.82, 2.24) is 21.3 Å². The molecule has 0 radical (unpaired) electrons. The lowest BCUT2D eigenvalue weighted by Crippen LogP contribution is -2.47. The molecule has 0 aliphatic heterocycles. The number of unbranched alkanes of at least 4 members (excludes halogenated alkanes) is 13. The number of carbonyl (C=O) groups excluding carboxylic acids is 9. The Morgan fingerprint density at radius 3 is 1.20 bits per heavy atom. The molecule has 0 aromatic heterocycles. The SMILES string of the molecule is COC(=O)COCCOCC[N+](C)(C)CCOCCNC(=O)COCCOCCCC(=O)COCCOCCNC(=O)CC[C@H](NC(=O)CC[C@H](NC(=O)CCCCCCCCCCCCCCCCC(=O)OC(C)(C)C)C(=O)OC(C)(C)C)C(=O)OC(C)(C)C. The van der Waals surface area contributed by atoms with Crippen molar-refractivity contribution >= 4 is 53.3 Å². The van der Waals surface area contributed by atoms with Crippen LogP contribution in [0.3, 0.4) is 0 Å². The van der Waals surface area contributed by atoms with Crippen molar-refractivity contribution in [2.24, 2.45) is 0 Å². The van der Waals surface area contributed by atoms with Crippen LogP contribution in [-0.2, 0) is 95.3 Å². The van der Waals surface area contributed by atoms with Crippen molar-refractivity contribution in [1.29, 1.82) is 0 Å². The minimum absolute atomic E-state index is 0.0658. The van der Waals surface area contributed by atoms with Crippen LogP contribution in [0.2, 0.25) is 0 Å². The summed E-state index contributed by atoms with van der Waals surface area (Å²) in [6.45, 7) is 21.1. The Balaban J connectivity index is 4.36. The molecule has 0 aliphatic carbocycles. The fourth-order valence-corrected chi connectivity index (χ4v) is 8.57. The zero-order valence-electron chi connectivity index (χ0n) is 58.1. The van der Waals surface area contributed by atoms with Gasteiger partial charge in [-0.2, -0.15) is 0 Å². The third-order valence-electron chi connectivity index (χ3n) is 13.5. The third kappa shape index (κ3) is 58.7. The third-order valence-corrected chi connectivity index (χ3v) is 13.5. The van der Waals surface area contributed by atoms with E-state index < -0.39 is 52.7 Å². The van der Waals surface area contributed by atoms with Crippen LogP contribution in [0.5, 0.6) is 0 Å². The number of methoxy groups -OCH3 is 1. The molecule has 25 nitrogen and oxygen atoms in total. The van der Waals surface area contributed by atoms with Gasteiger partial charge in [-0.1, -0.05) is 77.0 Å². The van der Waals surface area contributed by atoms with Gasteiger partial charge in [0.25, 0.3) is 0 Å². The molecule has 0 aromatic carbocycles. The summed E-state index contributed by atoms with van der Waals surface area (Å²) in [7, 11) is 5.45. The van der Waals surface area contributed by atoms with E-state index in [1.165, 1.54) is 45.6 Å². The number of ether oxygens (including phenoxy) is 11. The molecule has 0 spiro atoms. The van der Waals surface area contributed by atoms with Gasteiger partial charge in [-0.25, -0.2) is 14.4 Å². The van der Waals surface area contributed by atoms with E-state index in [9.17, 15) is 43.2 Å².